The van der Waals surface area contributed by atoms with Crippen LogP contribution in [0.25, 0.3) is 11.3 Å². The third-order valence-corrected chi connectivity index (χ3v) is 4.84. The van der Waals surface area contributed by atoms with Crippen molar-refractivity contribution in [2.24, 2.45) is 11.8 Å². The summed E-state index contributed by atoms with van der Waals surface area (Å²) in [5, 5.41) is 7.12. The second-order valence-electron chi connectivity index (χ2n) is 7.86. The quantitative estimate of drug-likeness (QED) is 0.863. The zero-order valence-corrected chi connectivity index (χ0v) is 15.9. The number of aromatic nitrogens is 1. The maximum atomic E-state index is 12.3. The summed E-state index contributed by atoms with van der Waals surface area (Å²) in [6.07, 6.45) is 1.54. The SMILES string of the molecule is C[C@@H]1C[C@@H](C)CN(C[C@@H](C)NC(=O)Cc2cc(-c3ccccc3)on2)C1. The van der Waals surface area contributed by atoms with Gasteiger partial charge in [0.2, 0.25) is 5.91 Å². The van der Waals surface area contributed by atoms with Gasteiger partial charge in [0.1, 0.15) is 0 Å². The van der Waals surface area contributed by atoms with Gasteiger partial charge in [-0.3, -0.25) is 4.79 Å². The first-order valence-electron chi connectivity index (χ1n) is 9.52. The van der Waals surface area contributed by atoms with Gasteiger partial charge in [-0.05, 0) is 25.2 Å². The number of benzene rings is 1. The first-order valence-corrected chi connectivity index (χ1v) is 9.52. The van der Waals surface area contributed by atoms with Crippen LogP contribution in [-0.2, 0) is 11.2 Å². The number of carbonyl (C=O) groups excluding carboxylic acids is 1. The number of nitrogens with zero attached hydrogens (tertiary/aromatic N) is 2. The van der Waals surface area contributed by atoms with Gasteiger partial charge in [0, 0.05) is 37.3 Å². The molecule has 140 valence electrons. The van der Waals surface area contributed by atoms with Gasteiger partial charge >= 0.3 is 0 Å². The van der Waals surface area contributed by atoms with Crippen LogP contribution in [0, 0.1) is 11.8 Å². The molecule has 2 aromatic rings. The van der Waals surface area contributed by atoms with Crippen molar-refractivity contribution in [3.63, 3.8) is 0 Å². The number of rotatable bonds is 6. The van der Waals surface area contributed by atoms with E-state index < -0.39 is 0 Å². The Hall–Kier alpha value is -2.14. The van der Waals surface area contributed by atoms with Crippen molar-refractivity contribution in [1.82, 2.24) is 15.4 Å². The number of hydrogen-bond donors (Lipinski definition) is 1. The molecule has 1 aromatic carbocycles. The van der Waals surface area contributed by atoms with E-state index in [9.17, 15) is 4.79 Å². The zero-order chi connectivity index (χ0) is 18.5. The number of hydrogen-bond acceptors (Lipinski definition) is 4. The second-order valence-corrected chi connectivity index (χ2v) is 7.86. The molecule has 1 fully saturated rings. The van der Waals surface area contributed by atoms with Crippen LogP contribution in [0.3, 0.4) is 0 Å². The molecule has 2 heterocycles. The van der Waals surface area contributed by atoms with Crippen LogP contribution in [0.2, 0.25) is 0 Å². The van der Waals surface area contributed by atoms with E-state index in [1.165, 1.54) is 6.42 Å². The highest BCUT2D eigenvalue weighted by Crippen LogP contribution is 2.21. The molecular weight excluding hydrogens is 326 g/mol. The summed E-state index contributed by atoms with van der Waals surface area (Å²) in [5.74, 6) is 2.14. The molecule has 1 aromatic heterocycles. The van der Waals surface area contributed by atoms with E-state index in [-0.39, 0.29) is 18.4 Å². The van der Waals surface area contributed by atoms with Crippen molar-refractivity contribution < 1.29 is 9.32 Å². The number of amides is 1. The van der Waals surface area contributed by atoms with E-state index in [1.807, 2.05) is 36.4 Å². The molecule has 1 saturated heterocycles. The molecule has 0 bridgehead atoms. The lowest BCUT2D eigenvalue weighted by atomic mass is 9.92. The Morgan fingerprint density at radius 3 is 2.65 bits per heavy atom. The molecule has 3 atom stereocenters. The molecule has 0 radical (unpaired) electrons. The molecule has 1 amide bonds. The molecule has 1 aliphatic heterocycles. The Morgan fingerprint density at radius 2 is 1.96 bits per heavy atom. The van der Waals surface area contributed by atoms with Crippen LogP contribution in [-0.4, -0.2) is 41.6 Å². The highest BCUT2D eigenvalue weighted by atomic mass is 16.5. The van der Waals surface area contributed by atoms with Crippen molar-refractivity contribution in [2.45, 2.75) is 39.7 Å². The topological polar surface area (TPSA) is 58.4 Å². The van der Waals surface area contributed by atoms with Gasteiger partial charge in [-0.25, -0.2) is 0 Å². The third-order valence-electron chi connectivity index (χ3n) is 4.84. The summed E-state index contributed by atoms with van der Waals surface area (Å²) in [4.78, 5) is 14.8. The van der Waals surface area contributed by atoms with Gasteiger partial charge in [0.15, 0.2) is 5.76 Å². The van der Waals surface area contributed by atoms with Crippen molar-refractivity contribution in [3.8, 4) is 11.3 Å². The van der Waals surface area contributed by atoms with Crippen molar-refractivity contribution in [1.29, 1.82) is 0 Å². The molecule has 1 aliphatic rings. The highest BCUT2D eigenvalue weighted by Gasteiger charge is 2.23. The summed E-state index contributed by atoms with van der Waals surface area (Å²) in [6.45, 7) is 9.82. The largest absolute Gasteiger partial charge is 0.356 e. The van der Waals surface area contributed by atoms with Crippen molar-refractivity contribution in [2.75, 3.05) is 19.6 Å². The first kappa shape index (κ1) is 18.6. The lowest BCUT2D eigenvalue weighted by molar-refractivity contribution is -0.121. The third kappa shape index (κ3) is 5.18. The lowest BCUT2D eigenvalue weighted by Gasteiger charge is -2.36. The van der Waals surface area contributed by atoms with E-state index in [4.69, 9.17) is 4.52 Å². The summed E-state index contributed by atoms with van der Waals surface area (Å²) in [6, 6.07) is 11.8. The summed E-state index contributed by atoms with van der Waals surface area (Å²) >= 11 is 0. The predicted molar refractivity (Wildman–Crippen MR) is 103 cm³/mol. The predicted octanol–water partition coefficient (Wildman–Crippen LogP) is 3.37. The summed E-state index contributed by atoms with van der Waals surface area (Å²) in [5.41, 5.74) is 1.63. The van der Waals surface area contributed by atoms with Crippen LogP contribution < -0.4 is 5.32 Å². The van der Waals surface area contributed by atoms with Crippen LogP contribution in [0.5, 0.6) is 0 Å². The van der Waals surface area contributed by atoms with E-state index in [0.29, 0.717) is 11.5 Å². The van der Waals surface area contributed by atoms with Gasteiger partial charge in [0.05, 0.1) is 12.1 Å². The van der Waals surface area contributed by atoms with Gasteiger partial charge in [-0.2, -0.15) is 0 Å². The molecular formula is C21H29N3O2. The number of nitrogens with one attached hydrogen (secondary N) is 1. The molecule has 26 heavy (non-hydrogen) atoms. The molecule has 5 nitrogen and oxygen atoms in total. The Kier molecular flexibility index (Phi) is 6.09. The molecule has 5 heteroatoms. The molecule has 1 N–H and O–H groups in total. The van der Waals surface area contributed by atoms with Gasteiger partial charge in [-0.15, -0.1) is 0 Å². The van der Waals surface area contributed by atoms with Crippen molar-refractivity contribution >= 4 is 5.91 Å². The minimum atomic E-state index is -0.0106. The van der Waals surface area contributed by atoms with E-state index >= 15 is 0 Å². The Labute approximate surface area is 155 Å². The Balaban J connectivity index is 1.48. The van der Waals surface area contributed by atoms with E-state index in [1.54, 1.807) is 0 Å². The number of piperidine rings is 1. The maximum Gasteiger partial charge on any atom is 0.226 e. The standard InChI is InChI=1S/C21H29N3O2/c1-15-9-16(2)13-24(12-15)14-17(3)22-21(25)11-19-10-20(26-23-19)18-7-5-4-6-8-18/h4-8,10,15-17H,9,11-14H2,1-3H3,(H,22,25)/t15-,16-,17-/m1/s1. The Morgan fingerprint density at radius 1 is 1.27 bits per heavy atom. The summed E-state index contributed by atoms with van der Waals surface area (Å²) in [7, 11) is 0. The van der Waals surface area contributed by atoms with Crippen molar-refractivity contribution in [3.05, 3.63) is 42.1 Å². The minimum Gasteiger partial charge on any atom is -0.356 e. The fraction of sp³-hybridized carbons (Fsp3) is 0.524. The zero-order valence-electron chi connectivity index (χ0n) is 15.9. The van der Waals surface area contributed by atoms with Gasteiger partial charge in [-0.1, -0.05) is 49.3 Å². The number of likely N-dealkylation sites (tertiary alicyclic amines) is 1. The maximum absolute atomic E-state index is 12.3. The van der Waals surface area contributed by atoms with Gasteiger partial charge < -0.3 is 14.7 Å². The van der Waals surface area contributed by atoms with Gasteiger partial charge in [0.25, 0.3) is 0 Å². The van der Waals surface area contributed by atoms with E-state index in [2.05, 4.69) is 36.1 Å². The second kappa shape index (κ2) is 8.49. The highest BCUT2D eigenvalue weighted by molar-refractivity contribution is 5.78. The van der Waals surface area contributed by atoms with Crippen LogP contribution in [0.1, 0.15) is 32.9 Å². The molecule has 0 unspecified atom stereocenters. The average Bonchev–Trinajstić information content (AvgIpc) is 3.02. The van der Waals surface area contributed by atoms with Crippen LogP contribution >= 0.6 is 0 Å². The first-order chi connectivity index (χ1) is 12.5. The molecule has 0 saturated carbocycles. The number of carbonyl (C=O) groups is 1. The smallest absolute Gasteiger partial charge is 0.226 e. The van der Waals surface area contributed by atoms with E-state index in [0.717, 1.165) is 37.0 Å². The fourth-order valence-electron chi connectivity index (χ4n) is 4.00. The minimum absolute atomic E-state index is 0.0106. The van der Waals surface area contributed by atoms with Crippen LogP contribution in [0.4, 0.5) is 0 Å². The molecule has 0 aliphatic carbocycles. The molecule has 3 rings (SSSR count). The summed E-state index contributed by atoms with van der Waals surface area (Å²) < 4.78 is 5.36. The lowest BCUT2D eigenvalue weighted by Crippen LogP contribution is -2.47. The average molecular weight is 355 g/mol. The molecule has 0 spiro atoms. The monoisotopic (exact) mass is 355 g/mol. The Bertz CT molecular complexity index is 703. The van der Waals surface area contributed by atoms with Crippen LogP contribution in [0.15, 0.2) is 40.9 Å². The normalized spacial score (nSPS) is 22.1. The fourth-order valence-corrected chi connectivity index (χ4v) is 4.00.